The third kappa shape index (κ3) is 4.81. The maximum atomic E-state index is 12.9. The summed E-state index contributed by atoms with van der Waals surface area (Å²) in [5.74, 6) is 0.883. The van der Waals surface area contributed by atoms with Crippen LogP contribution in [0.4, 0.5) is 0 Å². The third-order valence-electron chi connectivity index (χ3n) is 4.56. The van der Waals surface area contributed by atoms with Crippen LogP contribution in [-0.2, 0) is 27.8 Å². The Morgan fingerprint density at radius 1 is 1.00 bits per heavy atom. The highest BCUT2D eigenvalue weighted by Gasteiger charge is 2.26. The molecule has 2 heterocycles. The van der Waals surface area contributed by atoms with Crippen LogP contribution in [0, 0.1) is 0 Å². The van der Waals surface area contributed by atoms with Crippen molar-refractivity contribution in [3.05, 3.63) is 77.2 Å². The molecule has 156 valence electrons. The van der Waals surface area contributed by atoms with Gasteiger partial charge in [0.1, 0.15) is 10.3 Å². The van der Waals surface area contributed by atoms with E-state index < -0.39 is 22.0 Å². The summed E-state index contributed by atoms with van der Waals surface area (Å²) in [5, 5.41) is 4.50. The molecule has 30 heavy (non-hydrogen) atoms. The molecule has 1 aliphatic heterocycles. The minimum atomic E-state index is -3.80. The molecule has 0 spiro atoms. The van der Waals surface area contributed by atoms with Gasteiger partial charge in [0.2, 0.25) is 12.7 Å². The van der Waals surface area contributed by atoms with Crippen molar-refractivity contribution in [3.8, 4) is 11.5 Å². The van der Waals surface area contributed by atoms with E-state index >= 15 is 0 Å². The molecule has 0 fully saturated rings. The lowest BCUT2D eigenvalue weighted by atomic mass is 10.1. The lowest BCUT2D eigenvalue weighted by Gasteiger charge is -2.18. The van der Waals surface area contributed by atoms with Gasteiger partial charge in [0, 0.05) is 6.54 Å². The number of hydrogen-bond acceptors (Lipinski definition) is 6. The van der Waals surface area contributed by atoms with E-state index in [1.165, 1.54) is 6.07 Å². The summed E-state index contributed by atoms with van der Waals surface area (Å²) in [6, 6.07) is 16.9. The van der Waals surface area contributed by atoms with Crippen molar-refractivity contribution in [2.75, 3.05) is 6.79 Å². The van der Waals surface area contributed by atoms with Crippen molar-refractivity contribution in [2.45, 2.75) is 23.2 Å². The molecule has 1 amide bonds. The number of hydrogen-bond donors (Lipinski definition) is 2. The maximum absolute atomic E-state index is 12.9. The molecular weight excluding hydrogens is 424 g/mol. The first-order valence-corrected chi connectivity index (χ1v) is 11.6. The minimum Gasteiger partial charge on any atom is -0.454 e. The molecule has 0 aliphatic carbocycles. The van der Waals surface area contributed by atoms with Crippen molar-refractivity contribution in [2.24, 2.45) is 0 Å². The van der Waals surface area contributed by atoms with Gasteiger partial charge in [0.05, 0.1) is 0 Å². The van der Waals surface area contributed by atoms with Crippen molar-refractivity contribution >= 4 is 27.3 Å². The monoisotopic (exact) mass is 444 g/mol. The van der Waals surface area contributed by atoms with Gasteiger partial charge in [0.15, 0.2) is 11.5 Å². The summed E-state index contributed by atoms with van der Waals surface area (Å²) < 4.78 is 38.7. The molecule has 0 bridgehead atoms. The van der Waals surface area contributed by atoms with Crippen LogP contribution >= 0.6 is 11.3 Å². The van der Waals surface area contributed by atoms with Crippen LogP contribution in [0.3, 0.4) is 0 Å². The van der Waals surface area contributed by atoms with Crippen LogP contribution in [0.1, 0.15) is 11.1 Å². The molecule has 9 heteroatoms. The van der Waals surface area contributed by atoms with E-state index in [-0.39, 0.29) is 24.0 Å². The number of sulfonamides is 1. The van der Waals surface area contributed by atoms with Gasteiger partial charge < -0.3 is 14.8 Å². The number of fused-ring (bicyclic) bond motifs is 1. The van der Waals surface area contributed by atoms with E-state index in [9.17, 15) is 13.2 Å². The Labute approximate surface area is 178 Å². The Bertz CT molecular complexity index is 1120. The zero-order chi connectivity index (χ0) is 21.0. The summed E-state index contributed by atoms with van der Waals surface area (Å²) in [4.78, 5) is 12.9. The summed E-state index contributed by atoms with van der Waals surface area (Å²) in [5.41, 5.74) is 1.68. The fourth-order valence-electron chi connectivity index (χ4n) is 3.06. The van der Waals surface area contributed by atoms with Crippen LogP contribution in [0.5, 0.6) is 11.5 Å². The van der Waals surface area contributed by atoms with Crippen LogP contribution in [-0.4, -0.2) is 27.2 Å². The maximum Gasteiger partial charge on any atom is 0.250 e. The first-order valence-electron chi connectivity index (χ1n) is 9.27. The topological polar surface area (TPSA) is 93.7 Å². The fourth-order valence-corrected chi connectivity index (χ4v) is 5.27. The minimum absolute atomic E-state index is 0.170. The van der Waals surface area contributed by atoms with E-state index in [1.54, 1.807) is 23.6 Å². The molecule has 7 nitrogen and oxygen atoms in total. The molecule has 3 aromatic rings. The van der Waals surface area contributed by atoms with Crippen molar-refractivity contribution < 1.29 is 22.7 Å². The number of nitrogens with one attached hydrogen (secondary N) is 2. The van der Waals surface area contributed by atoms with E-state index in [0.29, 0.717) is 11.5 Å². The van der Waals surface area contributed by atoms with E-state index in [1.807, 2.05) is 36.4 Å². The standard InChI is InChI=1S/C21H20N2O5S2/c24-21(22-13-16-8-9-18-19(12-16)28-14-27-18)17(11-15-5-2-1-3-6-15)23-30(25,26)20-7-4-10-29-20/h1-10,12,17,23H,11,13-14H2,(H,22,24)/t17-/m0/s1. The quantitative estimate of drug-likeness (QED) is 0.557. The first-order chi connectivity index (χ1) is 14.5. The van der Waals surface area contributed by atoms with Gasteiger partial charge in [0.25, 0.3) is 10.0 Å². The van der Waals surface area contributed by atoms with E-state index in [4.69, 9.17) is 9.47 Å². The molecule has 0 saturated carbocycles. The van der Waals surface area contributed by atoms with E-state index in [2.05, 4.69) is 10.0 Å². The Hall–Kier alpha value is -2.88. The summed E-state index contributed by atoms with van der Waals surface area (Å²) in [6.45, 7) is 0.413. The van der Waals surface area contributed by atoms with Gasteiger partial charge in [-0.25, -0.2) is 8.42 Å². The predicted octanol–water partition coefficient (Wildman–Crippen LogP) is 2.68. The zero-order valence-corrected chi connectivity index (χ0v) is 17.5. The molecule has 2 N–H and O–H groups in total. The smallest absolute Gasteiger partial charge is 0.250 e. The van der Waals surface area contributed by atoms with Gasteiger partial charge in [-0.2, -0.15) is 4.72 Å². The van der Waals surface area contributed by atoms with Gasteiger partial charge in [-0.05, 0) is 41.1 Å². The molecule has 1 atom stereocenters. The largest absolute Gasteiger partial charge is 0.454 e. The Morgan fingerprint density at radius 3 is 2.57 bits per heavy atom. The summed E-state index contributed by atoms with van der Waals surface area (Å²) in [7, 11) is -3.80. The average molecular weight is 445 g/mol. The van der Waals surface area contributed by atoms with Crippen molar-refractivity contribution in [1.29, 1.82) is 0 Å². The lowest BCUT2D eigenvalue weighted by molar-refractivity contribution is -0.122. The first kappa shape index (κ1) is 20.4. The number of carbonyl (C=O) groups is 1. The number of carbonyl (C=O) groups excluding carboxylic acids is 1. The number of thiophene rings is 1. The summed E-state index contributed by atoms with van der Waals surface area (Å²) in [6.07, 6.45) is 0.235. The van der Waals surface area contributed by atoms with Crippen molar-refractivity contribution in [3.63, 3.8) is 0 Å². The number of benzene rings is 2. The SMILES string of the molecule is O=C(NCc1ccc2c(c1)OCO2)[C@H](Cc1ccccc1)NS(=O)(=O)c1cccs1. The molecule has 1 aromatic heterocycles. The lowest BCUT2D eigenvalue weighted by Crippen LogP contribution is -2.47. The van der Waals surface area contributed by atoms with E-state index in [0.717, 1.165) is 22.5 Å². The second-order valence-corrected chi connectivity index (χ2v) is 9.59. The van der Waals surface area contributed by atoms with Crippen molar-refractivity contribution in [1.82, 2.24) is 10.0 Å². The number of ether oxygens (including phenoxy) is 2. The molecule has 1 aliphatic rings. The zero-order valence-electron chi connectivity index (χ0n) is 15.9. The van der Waals surface area contributed by atoms with Crippen LogP contribution < -0.4 is 19.5 Å². The van der Waals surface area contributed by atoms with Crippen LogP contribution in [0.15, 0.2) is 70.3 Å². The Balaban J connectivity index is 1.48. The van der Waals surface area contributed by atoms with Crippen LogP contribution in [0.2, 0.25) is 0 Å². The van der Waals surface area contributed by atoms with Gasteiger partial charge >= 0.3 is 0 Å². The Kier molecular flexibility index (Phi) is 6.03. The number of amides is 1. The predicted molar refractivity (Wildman–Crippen MR) is 113 cm³/mol. The highest BCUT2D eigenvalue weighted by molar-refractivity contribution is 7.91. The Morgan fingerprint density at radius 2 is 1.80 bits per heavy atom. The molecule has 2 aromatic carbocycles. The average Bonchev–Trinajstić information content (AvgIpc) is 3.44. The molecular formula is C21H20N2O5S2. The van der Waals surface area contributed by atoms with Gasteiger partial charge in [-0.3, -0.25) is 4.79 Å². The fraction of sp³-hybridized carbons (Fsp3) is 0.190. The normalized spacial score (nSPS) is 13.7. The second kappa shape index (κ2) is 8.86. The van der Waals surface area contributed by atoms with Gasteiger partial charge in [-0.15, -0.1) is 11.3 Å². The second-order valence-electron chi connectivity index (χ2n) is 6.70. The van der Waals surface area contributed by atoms with Crippen LogP contribution in [0.25, 0.3) is 0 Å². The molecule has 0 saturated heterocycles. The summed E-state index contributed by atoms with van der Waals surface area (Å²) >= 11 is 1.10. The molecule has 0 unspecified atom stereocenters. The highest BCUT2D eigenvalue weighted by atomic mass is 32.2. The molecule has 0 radical (unpaired) electrons. The van der Waals surface area contributed by atoms with Gasteiger partial charge in [-0.1, -0.05) is 42.5 Å². The third-order valence-corrected chi connectivity index (χ3v) is 7.43. The highest BCUT2D eigenvalue weighted by Crippen LogP contribution is 2.32. The number of rotatable bonds is 8. The molecule has 4 rings (SSSR count).